The van der Waals surface area contributed by atoms with Gasteiger partial charge in [-0.1, -0.05) is 31.5 Å². The van der Waals surface area contributed by atoms with E-state index >= 15 is 0 Å². The van der Waals surface area contributed by atoms with Gasteiger partial charge in [-0.3, -0.25) is 19.9 Å². The summed E-state index contributed by atoms with van der Waals surface area (Å²) in [5.41, 5.74) is 5.46. The molecular weight excluding hydrogens is 588 g/mol. The van der Waals surface area contributed by atoms with Crippen LogP contribution < -0.4 is 20.3 Å². The van der Waals surface area contributed by atoms with Gasteiger partial charge in [-0.15, -0.1) is 0 Å². The van der Waals surface area contributed by atoms with Crippen LogP contribution in [-0.4, -0.2) is 32.6 Å². The summed E-state index contributed by atoms with van der Waals surface area (Å²) in [6.45, 7) is 7.60. The zero-order valence-electron chi connectivity index (χ0n) is 24.3. The van der Waals surface area contributed by atoms with Crippen LogP contribution in [0, 0.1) is 29.9 Å². The Morgan fingerprint density at radius 1 is 1.16 bits per heavy atom. The predicted octanol–water partition coefficient (Wildman–Crippen LogP) is 6.83. The quantitative estimate of drug-likeness (QED) is 0.125. The van der Waals surface area contributed by atoms with Gasteiger partial charge in [-0.2, -0.15) is 0 Å². The van der Waals surface area contributed by atoms with Crippen molar-refractivity contribution in [1.29, 1.82) is 0 Å². The number of nitro benzene ring substituents is 1. The minimum Gasteiger partial charge on any atom is -0.494 e. The number of hydrogen-bond acceptors (Lipinski definition) is 6. The number of carbonyl (C=O) groups excluding carboxylic acids is 1. The smallest absolute Gasteiger partial charge is 0.273 e. The van der Waals surface area contributed by atoms with E-state index in [1.807, 2.05) is 61.4 Å². The van der Waals surface area contributed by atoms with Gasteiger partial charge in [-0.05, 0) is 74.1 Å². The van der Waals surface area contributed by atoms with Gasteiger partial charge in [-0.25, -0.2) is 0 Å². The molecule has 0 aliphatic carbocycles. The van der Waals surface area contributed by atoms with Gasteiger partial charge in [0.05, 0.1) is 52.3 Å². The summed E-state index contributed by atoms with van der Waals surface area (Å²) in [6.07, 6.45) is 1.74. The highest BCUT2D eigenvalue weighted by Crippen LogP contribution is 2.45. The predicted molar refractivity (Wildman–Crippen MR) is 171 cm³/mol. The second-order valence-electron chi connectivity index (χ2n) is 10.6. The van der Waals surface area contributed by atoms with Gasteiger partial charge in [0, 0.05) is 35.3 Å². The van der Waals surface area contributed by atoms with Crippen molar-refractivity contribution in [2.24, 2.45) is 5.92 Å². The normalized spacial score (nSPS) is 16.3. The van der Waals surface area contributed by atoms with Crippen LogP contribution in [0.15, 0.2) is 66.9 Å². The van der Waals surface area contributed by atoms with Crippen LogP contribution in [-0.2, 0) is 4.79 Å². The molecule has 0 bridgehead atoms. The maximum absolute atomic E-state index is 12.3. The molecule has 0 spiro atoms. The number of pyridine rings is 1. The molecule has 1 saturated heterocycles. The van der Waals surface area contributed by atoms with Crippen molar-refractivity contribution in [3.63, 3.8) is 0 Å². The lowest BCUT2D eigenvalue weighted by molar-refractivity contribution is -0.384. The Kier molecular flexibility index (Phi) is 8.38. The second-order valence-corrected chi connectivity index (χ2v) is 11.4. The molecule has 2 aromatic carbocycles. The molecule has 3 heterocycles. The third-order valence-electron chi connectivity index (χ3n) is 7.52. The lowest BCUT2D eigenvalue weighted by Crippen LogP contribution is -2.29. The number of thiocarbonyl (C=S) groups is 1. The number of hydrogen-bond donors (Lipinski definition) is 2. The monoisotopic (exact) mass is 618 g/mol. The van der Waals surface area contributed by atoms with E-state index in [-0.39, 0.29) is 29.6 Å². The number of carbonyl (C=O) groups is 1. The molecule has 43 heavy (non-hydrogen) atoms. The van der Waals surface area contributed by atoms with E-state index < -0.39 is 4.92 Å². The van der Waals surface area contributed by atoms with Crippen molar-refractivity contribution in [2.75, 3.05) is 17.3 Å². The van der Waals surface area contributed by atoms with E-state index in [1.165, 1.54) is 19.2 Å². The fourth-order valence-corrected chi connectivity index (χ4v) is 5.97. The Hall–Kier alpha value is -4.48. The number of nitrogens with one attached hydrogen (secondary N) is 2. The van der Waals surface area contributed by atoms with E-state index in [0.29, 0.717) is 27.3 Å². The zero-order chi connectivity index (χ0) is 31.0. The van der Waals surface area contributed by atoms with E-state index in [9.17, 15) is 14.9 Å². The molecule has 2 aromatic heterocycles. The first-order chi connectivity index (χ1) is 20.5. The maximum Gasteiger partial charge on any atom is 0.273 e. The van der Waals surface area contributed by atoms with E-state index in [1.54, 1.807) is 24.4 Å². The van der Waals surface area contributed by atoms with E-state index in [0.717, 1.165) is 28.3 Å². The Bertz CT molecular complexity index is 1720. The van der Waals surface area contributed by atoms with Crippen LogP contribution in [0.3, 0.4) is 0 Å². The highest BCUT2D eigenvalue weighted by Gasteiger charge is 2.42. The zero-order valence-corrected chi connectivity index (χ0v) is 25.9. The Morgan fingerprint density at radius 2 is 1.93 bits per heavy atom. The number of rotatable bonds is 8. The summed E-state index contributed by atoms with van der Waals surface area (Å²) < 4.78 is 7.59. The van der Waals surface area contributed by atoms with E-state index in [4.69, 9.17) is 28.6 Å². The third kappa shape index (κ3) is 5.65. The molecular formula is C31H31ClN6O4S. The lowest BCUT2D eigenvalue weighted by atomic mass is 9.96. The molecule has 1 amide bonds. The van der Waals surface area contributed by atoms with Gasteiger partial charge in [0.25, 0.3) is 5.69 Å². The number of aromatic nitrogens is 2. The SMILES string of the molecule is COc1cc([N+](=O)[O-])ccc1-n1c(C)cc([C@H]2[C@H](c3ccccn3)NC(=S)N2c2ccc(NC(=O)C(C)C)c(Cl)c2)c1C. The van der Waals surface area contributed by atoms with E-state index in [2.05, 4.69) is 21.7 Å². The number of methoxy groups -OCH3 is 1. The first-order valence-electron chi connectivity index (χ1n) is 13.6. The number of aryl methyl sites for hydroxylation is 1. The molecule has 1 fully saturated rings. The van der Waals surface area contributed by atoms with Crippen molar-refractivity contribution in [3.8, 4) is 11.4 Å². The van der Waals surface area contributed by atoms with Crippen molar-refractivity contribution in [3.05, 3.63) is 105 Å². The standard InChI is InChI=1S/C31H31ClN6O4S/c1-17(2)30(39)34-24-11-9-20(15-23(24)32)37-29(28(35-31(37)43)25-8-6-7-13-33-25)22-14-18(3)36(19(22)4)26-12-10-21(38(40)41)16-27(26)42-5/h6-17,28-29H,1-5H3,(H,34,39)(H,35,43)/t28-,29-/m0/s1. The molecule has 5 rings (SSSR count). The van der Waals surface area contributed by atoms with Gasteiger partial charge < -0.3 is 24.8 Å². The van der Waals surface area contributed by atoms with Crippen molar-refractivity contribution in [2.45, 2.75) is 39.8 Å². The molecule has 10 nitrogen and oxygen atoms in total. The number of ether oxygens (including phenoxy) is 1. The third-order valence-corrected chi connectivity index (χ3v) is 8.14. The van der Waals surface area contributed by atoms with Crippen molar-refractivity contribution < 1.29 is 14.5 Å². The molecule has 1 aliphatic heterocycles. The van der Waals surface area contributed by atoms with Crippen molar-refractivity contribution in [1.82, 2.24) is 14.9 Å². The number of nitro groups is 1. The first kappa shape index (κ1) is 30.0. The molecule has 0 radical (unpaired) electrons. The number of anilines is 2. The van der Waals surface area contributed by atoms with Gasteiger partial charge in [0.2, 0.25) is 5.91 Å². The van der Waals surface area contributed by atoms with Crippen LogP contribution in [0.1, 0.15) is 48.6 Å². The number of nitrogens with zero attached hydrogens (tertiary/aromatic N) is 4. The Labute approximate surface area is 259 Å². The summed E-state index contributed by atoms with van der Waals surface area (Å²) in [7, 11) is 1.49. The molecule has 1 aliphatic rings. The first-order valence-corrected chi connectivity index (χ1v) is 14.4. The molecule has 222 valence electrons. The molecule has 4 aromatic rings. The number of halogens is 1. The molecule has 0 unspecified atom stereocenters. The maximum atomic E-state index is 12.3. The minimum atomic E-state index is -0.446. The van der Waals surface area contributed by atoms with Crippen LogP contribution >= 0.6 is 23.8 Å². The summed E-state index contributed by atoms with van der Waals surface area (Å²) in [5, 5.41) is 18.6. The summed E-state index contributed by atoms with van der Waals surface area (Å²) in [4.78, 5) is 29.9. The summed E-state index contributed by atoms with van der Waals surface area (Å²) in [6, 6.07) is 17.2. The number of non-ortho nitro benzene ring substituents is 1. The van der Waals surface area contributed by atoms with Crippen LogP contribution in [0.5, 0.6) is 5.75 Å². The van der Waals surface area contributed by atoms with Gasteiger partial charge >= 0.3 is 0 Å². The lowest BCUT2D eigenvalue weighted by Gasteiger charge is -2.28. The van der Waals surface area contributed by atoms with Gasteiger partial charge in [0.1, 0.15) is 5.75 Å². The minimum absolute atomic E-state index is 0.0556. The summed E-state index contributed by atoms with van der Waals surface area (Å²) >= 11 is 12.6. The molecule has 2 atom stereocenters. The van der Waals surface area contributed by atoms with Crippen molar-refractivity contribution >= 4 is 51.9 Å². The van der Waals surface area contributed by atoms with Crippen LogP contribution in [0.2, 0.25) is 5.02 Å². The number of amides is 1. The molecule has 0 saturated carbocycles. The summed E-state index contributed by atoms with van der Waals surface area (Å²) in [5.74, 6) is 0.0565. The Morgan fingerprint density at radius 3 is 2.56 bits per heavy atom. The van der Waals surface area contributed by atoms with Gasteiger partial charge in [0.15, 0.2) is 5.11 Å². The fraction of sp³-hybridized carbons (Fsp3) is 0.258. The van der Waals surface area contributed by atoms with Crippen LogP contribution in [0.4, 0.5) is 17.1 Å². The highest BCUT2D eigenvalue weighted by molar-refractivity contribution is 7.80. The molecule has 2 N–H and O–H groups in total. The average Bonchev–Trinajstić information content (AvgIpc) is 3.48. The second kappa shape index (κ2) is 12.0. The number of benzene rings is 2. The van der Waals surface area contributed by atoms with Crippen LogP contribution in [0.25, 0.3) is 5.69 Å². The topological polar surface area (TPSA) is 115 Å². The molecule has 12 heteroatoms. The fourth-order valence-electron chi connectivity index (χ4n) is 5.40. The largest absolute Gasteiger partial charge is 0.494 e. The Balaban J connectivity index is 1.64. The average molecular weight is 619 g/mol. The highest BCUT2D eigenvalue weighted by atomic mass is 35.5.